The van der Waals surface area contributed by atoms with Crippen LogP contribution >= 0.6 is 0 Å². The van der Waals surface area contributed by atoms with Crippen molar-refractivity contribution in [3.63, 3.8) is 0 Å². The number of para-hydroxylation sites is 1. The second-order valence-corrected chi connectivity index (χ2v) is 9.49. The minimum atomic E-state index is -2.94. The van der Waals surface area contributed by atoms with E-state index in [4.69, 9.17) is 0 Å². The fourth-order valence-electron chi connectivity index (χ4n) is 3.90. The monoisotopic (exact) mass is 385 g/mol. The zero-order valence-corrected chi connectivity index (χ0v) is 16.2. The van der Waals surface area contributed by atoms with Crippen molar-refractivity contribution in [2.45, 2.75) is 25.3 Å². The summed E-state index contributed by atoms with van der Waals surface area (Å²) < 4.78 is 23.4. The minimum absolute atomic E-state index is 0.0349. The van der Waals surface area contributed by atoms with E-state index in [1.807, 2.05) is 36.2 Å². The van der Waals surface area contributed by atoms with Gasteiger partial charge in [0.05, 0.1) is 23.4 Å². The van der Waals surface area contributed by atoms with Gasteiger partial charge in [-0.1, -0.05) is 18.2 Å². The molecule has 0 saturated carbocycles. The van der Waals surface area contributed by atoms with Gasteiger partial charge in [-0.05, 0) is 43.0 Å². The predicted molar refractivity (Wildman–Crippen MR) is 106 cm³/mol. The predicted octanol–water partition coefficient (Wildman–Crippen LogP) is 2.30. The van der Waals surface area contributed by atoms with Crippen LogP contribution in [0.2, 0.25) is 0 Å². The van der Waals surface area contributed by atoms with Gasteiger partial charge in [-0.2, -0.15) is 0 Å². The highest BCUT2D eigenvalue weighted by Crippen LogP contribution is 2.28. The third-order valence-corrected chi connectivity index (χ3v) is 7.24. The molecule has 1 amide bonds. The molecule has 3 heterocycles. The van der Waals surface area contributed by atoms with Gasteiger partial charge >= 0.3 is 0 Å². The Balaban J connectivity index is 1.52. The van der Waals surface area contributed by atoms with Crippen molar-refractivity contribution in [2.24, 2.45) is 0 Å². The smallest absolute Gasteiger partial charge is 0.276 e. The Bertz CT molecular complexity index is 957. The molecule has 7 heteroatoms. The van der Waals surface area contributed by atoms with E-state index in [0.29, 0.717) is 18.7 Å². The average Bonchev–Trinajstić information content (AvgIpc) is 3.06. The van der Waals surface area contributed by atoms with Crippen molar-refractivity contribution in [3.8, 4) is 0 Å². The third kappa shape index (κ3) is 3.56. The second-order valence-electron chi connectivity index (χ2n) is 7.26. The number of sulfone groups is 1. The van der Waals surface area contributed by atoms with Gasteiger partial charge in [-0.25, -0.2) is 13.4 Å². The summed E-state index contributed by atoms with van der Waals surface area (Å²) in [5.41, 5.74) is 3.39. The highest BCUT2D eigenvalue weighted by molar-refractivity contribution is 7.91. The van der Waals surface area contributed by atoms with E-state index in [9.17, 15) is 13.2 Å². The number of fused-ring (bicyclic) bond motifs is 1. The SMILES string of the molecule is CN(c1ccc(C(=O)N2CCCc3ccccc32)nc1)C1CCS(=O)(=O)C1. The van der Waals surface area contributed by atoms with Crippen LogP contribution in [0.3, 0.4) is 0 Å². The Labute approximate surface area is 159 Å². The normalized spacial score (nSPS) is 20.9. The van der Waals surface area contributed by atoms with E-state index in [1.165, 1.54) is 5.56 Å². The molecule has 142 valence electrons. The van der Waals surface area contributed by atoms with E-state index in [2.05, 4.69) is 11.1 Å². The van der Waals surface area contributed by atoms with Crippen molar-refractivity contribution in [2.75, 3.05) is 34.9 Å². The third-order valence-electron chi connectivity index (χ3n) is 5.49. The number of benzene rings is 1. The van der Waals surface area contributed by atoms with Crippen LogP contribution in [0.1, 0.15) is 28.9 Å². The summed E-state index contributed by atoms with van der Waals surface area (Å²) in [5.74, 6) is 0.314. The first-order valence-corrected chi connectivity index (χ1v) is 11.1. The molecule has 0 spiro atoms. The number of aromatic nitrogens is 1. The number of hydrogen-bond acceptors (Lipinski definition) is 5. The van der Waals surface area contributed by atoms with Gasteiger partial charge in [-0.3, -0.25) is 4.79 Å². The highest BCUT2D eigenvalue weighted by Gasteiger charge is 2.31. The molecule has 0 aliphatic carbocycles. The molecule has 4 rings (SSSR count). The van der Waals surface area contributed by atoms with Crippen LogP contribution in [-0.2, 0) is 16.3 Å². The maximum Gasteiger partial charge on any atom is 0.276 e. The molecule has 1 aromatic carbocycles. The molecule has 0 N–H and O–H groups in total. The van der Waals surface area contributed by atoms with Gasteiger partial charge in [0.25, 0.3) is 5.91 Å². The summed E-state index contributed by atoms with van der Waals surface area (Å²) in [6, 6.07) is 11.5. The van der Waals surface area contributed by atoms with E-state index in [-0.39, 0.29) is 23.5 Å². The first-order valence-electron chi connectivity index (χ1n) is 9.24. The number of carbonyl (C=O) groups excluding carboxylic acids is 1. The zero-order valence-electron chi connectivity index (χ0n) is 15.3. The van der Waals surface area contributed by atoms with Crippen molar-refractivity contribution in [3.05, 3.63) is 53.9 Å². The number of aryl methyl sites for hydroxylation is 1. The van der Waals surface area contributed by atoms with Crippen LogP contribution in [0.25, 0.3) is 0 Å². The lowest BCUT2D eigenvalue weighted by Crippen LogP contribution is -2.36. The van der Waals surface area contributed by atoms with Crippen LogP contribution in [0.5, 0.6) is 0 Å². The van der Waals surface area contributed by atoms with Crippen molar-refractivity contribution in [1.82, 2.24) is 4.98 Å². The molecular formula is C20H23N3O3S. The first-order chi connectivity index (χ1) is 12.9. The number of anilines is 2. The first kappa shape index (κ1) is 18.0. The topological polar surface area (TPSA) is 70.6 Å². The molecule has 1 fully saturated rings. The molecule has 0 radical (unpaired) electrons. The number of rotatable bonds is 3. The van der Waals surface area contributed by atoms with E-state index in [0.717, 1.165) is 24.2 Å². The second kappa shape index (κ2) is 6.96. The van der Waals surface area contributed by atoms with Crippen LogP contribution in [0, 0.1) is 0 Å². The van der Waals surface area contributed by atoms with Gasteiger partial charge in [0, 0.05) is 25.3 Å². The van der Waals surface area contributed by atoms with Gasteiger partial charge in [0.1, 0.15) is 5.69 Å². The minimum Gasteiger partial charge on any atom is -0.369 e. The highest BCUT2D eigenvalue weighted by atomic mass is 32.2. The number of pyridine rings is 1. The molecule has 1 atom stereocenters. The molecular weight excluding hydrogens is 362 g/mol. The van der Waals surface area contributed by atoms with Gasteiger partial charge in [-0.15, -0.1) is 0 Å². The number of hydrogen-bond donors (Lipinski definition) is 0. The van der Waals surface area contributed by atoms with Crippen LogP contribution in [-0.4, -0.2) is 50.4 Å². The van der Waals surface area contributed by atoms with Crippen molar-refractivity contribution >= 4 is 27.1 Å². The van der Waals surface area contributed by atoms with E-state index < -0.39 is 9.84 Å². The summed E-state index contributed by atoms with van der Waals surface area (Å²) in [6.07, 6.45) is 4.22. The Morgan fingerprint density at radius 1 is 1.22 bits per heavy atom. The van der Waals surface area contributed by atoms with Gasteiger partial charge in [0.2, 0.25) is 0 Å². The van der Waals surface area contributed by atoms with Crippen LogP contribution < -0.4 is 9.80 Å². The maximum absolute atomic E-state index is 13.0. The standard InChI is InChI=1S/C20H23N3O3S/c1-22(17-10-12-27(25,26)14-17)16-8-9-18(21-13-16)20(24)23-11-4-6-15-5-2-3-7-19(15)23/h2-3,5,7-9,13,17H,4,6,10-12,14H2,1H3. The molecule has 2 aromatic rings. The van der Waals surface area contributed by atoms with E-state index in [1.54, 1.807) is 17.2 Å². The largest absolute Gasteiger partial charge is 0.369 e. The summed E-state index contributed by atoms with van der Waals surface area (Å²) in [7, 11) is -1.06. The Morgan fingerprint density at radius 3 is 2.74 bits per heavy atom. The molecule has 27 heavy (non-hydrogen) atoms. The number of carbonyl (C=O) groups is 1. The number of amides is 1. The number of nitrogens with zero attached hydrogens (tertiary/aromatic N) is 3. The fourth-order valence-corrected chi connectivity index (χ4v) is 5.67. The maximum atomic E-state index is 13.0. The van der Waals surface area contributed by atoms with Crippen LogP contribution in [0.4, 0.5) is 11.4 Å². The quantitative estimate of drug-likeness (QED) is 0.811. The molecule has 1 aromatic heterocycles. The lowest BCUT2D eigenvalue weighted by atomic mass is 10.0. The molecule has 6 nitrogen and oxygen atoms in total. The Morgan fingerprint density at radius 2 is 2.04 bits per heavy atom. The molecule has 2 aliphatic heterocycles. The average molecular weight is 385 g/mol. The molecule has 0 bridgehead atoms. The Kier molecular flexibility index (Phi) is 4.63. The summed E-state index contributed by atoms with van der Waals surface area (Å²) >= 11 is 0. The summed E-state index contributed by atoms with van der Waals surface area (Å²) in [5, 5.41) is 0. The summed E-state index contributed by atoms with van der Waals surface area (Å²) in [6.45, 7) is 0.694. The molecule has 1 saturated heterocycles. The Hall–Kier alpha value is -2.41. The lowest BCUT2D eigenvalue weighted by Gasteiger charge is -2.29. The van der Waals surface area contributed by atoms with Crippen LogP contribution in [0.15, 0.2) is 42.6 Å². The fraction of sp³-hybridized carbons (Fsp3) is 0.400. The van der Waals surface area contributed by atoms with Crippen molar-refractivity contribution < 1.29 is 13.2 Å². The van der Waals surface area contributed by atoms with Crippen molar-refractivity contribution in [1.29, 1.82) is 0 Å². The summed E-state index contributed by atoms with van der Waals surface area (Å²) in [4.78, 5) is 21.1. The van der Waals surface area contributed by atoms with Gasteiger partial charge in [0.15, 0.2) is 9.84 Å². The zero-order chi connectivity index (χ0) is 19.0. The van der Waals surface area contributed by atoms with E-state index >= 15 is 0 Å². The molecule has 1 unspecified atom stereocenters. The lowest BCUT2D eigenvalue weighted by molar-refractivity contribution is 0.0980. The molecule has 2 aliphatic rings. The van der Waals surface area contributed by atoms with Gasteiger partial charge < -0.3 is 9.80 Å².